The van der Waals surface area contributed by atoms with E-state index < -0.39 is 5.91 Å². The highest BCUT2D eigenvalue weighted by molar-refractivity contribution is 6.34. The van der Waals surface area contributed by atoms with Crippen LogP contribution in [0.3, 0.4) is 0 Å². The molecule has 0 saturated heterocycles. The highest BCUT2D eigenvalue weighted by Gasteiger charge is 2.28. The molecule has 0 saturated carbocycles. The number of nitrogens with two attached hydrogens (primary N) is 1. The van der Waals surface area contributed by atoms with Crippen molar-refractivity contribution in [2.45, 2.75) is 13.0 Å². The van der Waals surface area contributed by atoms with Gasteiger partial charge in [0.05, 0.1) is 47.0 Å². The topological polar surface area (TPSA) is 81.2 Å². The van der Waals surface area contributed by atoms with E-state index in [0.29, 0.717) is 28.5 Å². The first kappa shape index (κ1) is 13.6. The number of carbonyl (C=O) groups excluding carboxylic acids is 2. The molecule has 2 aromatic rings. The molecule has 1 aliphatic rings. The molecule has 0 fully saturated rings. The minimum Gasteiger partial charge on any atom is -0.369 e. The van der Waals surface area contributed by atoms with Crippen LogP contribution in [-0.2, 0) is 17.8 Å². The molecule has 7 heteroatoms. The number of amides is 2. The minimum absolute atomic E-state index is 0.0419. The van der Waals surface area contributed by atoms with Gasteiger partial charge in [-0.25, -0.2) is 4.98 Å². The summed E-state index contributed by atoms with van der Waals surface area (Å²) in [6, 6.07) is 5.26. The van der Waals surface area contributed by atoms with Gasteiger partial charge in [0.2, 0.25) is 5.91 Å². The number of fused-ring (bicyclic) bond motifs is 3. The second-order valence-electron chi connectivity index (χ2n) is 4.95. The lowest BCUT2D eigenvalue weighted by Gasteiger charge is -2.15. The second kappa shape index (κ2) is 4.89. The number of rotatable bonds is 2. The fraction of sp³-hybridized carbons (Fsp3) is 0.214. The van der Waals surface area contributed by atoms with E-state index in [1.165, 1.54) is 0 Å². The lowest BCUT2D eigenvalue weighted by Crippen LogP contribution is -2.26. The van der Waals surface area contributed by atoms with Crippen molar-refractivity contribution in [2.75, 3.05) is 7.05 Å². The van der Waals surface area contributed by atoms with E-state index in [2.05, 4.69) is 4.98 Å². The predicted molar refractivity (Wildman–Crippen MR) is 77.3 cm³/mol. The lowest BCUT2D eigenvalue weighted by atomic mass is 10.1. The smallest absolute Gasteiger partial charge is 0.257 e. The van der Waals surface area contributed by atoms with Crippen molar-refractivity contribution in [3.05, 3.63) is 46.5 Å². The van der Waals surface area contributed by atoms with Crippen LogP contribution in [0.2, 0.25) is 5.02 Å². The summed E-state index contributed by atoms with van der Waals surface area (Å²) in [5.41, 5.74) is 7.69. The first-order valence-corrected chi connectivity index (χ1v) is 6.74. The maximum atomic E-state index is 12.5. The van der Waals surface area contributed by atoms with E-state index in [-0.39, 0.29) is 12.3 Å². The average Bonchev–Trinajstić information content (AvgIpc) is 2.75. The summed E-state index contributed by atoms with van der Waals surface area (Å²) in [5, 5.41) is 0.391. The highest BCUT2D eigenvalue weighted by atomic mass is 35.5. The van der Waals surface area contributed by atoms with Crippen molar-refractivity contribution in [1.29, 1.82) is 0 Å². The Labute approximate surface area is 126 Å². The Bertz CT molecular complexity index is 753. The van der Waals surface area contributed by atoms with Crippen LogP contribution in [-0.4, -0.2) is 33.3 Å². The molecular weight excluding hydrogens is 292 g/mol. The monoisotopic (exact) mass is 304 g/mol. The summed E-state index contributed by atoms with van der Waals surface area (Å²) in [6.07, 6.45) is 1.63. The molecule has 108 valence electrons. The summed E-state index contributed by atoms with van der Waals surface area (Å²) in [4.78, 5) is 29.4. The van der Waals surface area contributed by atoms with Crippen molar-refractivity contribution in [2.24, 2.45) is 5.73 Å². The summed E-state index contributed by atoms with van der Waals surface area (Å²) in [5.74, 6) is -0.620. The number of hydrogen-bond donors (Lipinski definition) is 1. The van der Waals surface area contributed by atoms with Gasteiger partial charge in [0, 0.05) is 7.05 Å². The van der Waals surface area contributed by atoms with Gasteiger partial charge < -0.3 is 15.2 Å². The van der Waals surface area contributed by atoms with E-state index in [9.17, 15) is 9.59 Å². The normalized spacial score (nSPS) is 13.6. The third kappa shape index (κ3) is 2.17. The minimum atomic E-state index is -0.457. The molecule has 2 amide bonds. The van der Waals surface area contributed by atoms with Crippen molar-refractivity contribution in [1.82, 2.24) is 14.5 Å². The predicted octanol–water partition coefficient (Wildman–Crippen LogP) is 1.14. The standard InChI is InChI=1S/C14H13ClN4O2/c1-18-6-11-9(5-12(16)20)17-7-19(11)10-4-2-3-8(15)13(10)14(18)21/h2-4,7H,5-6H2,1H3,(H2,16,20). The number of imidazole rings is 1. The average molecular weight is 305 g/mol. The van der Waals surface area contributed by atoms with Gasteiger partial charge >= 0.3 is 0 Å². The van der Waals surface area contributed by atoms with Gasteiger partial charge in [-0.1, -0.05) is 17.7 Å². The fourth-order valence-corrected chi connectivity index (χ4v) is 2.76. The molecule has 21 heavy (non-hydrogen) atoms. The Morgan fingerprint density at radius 3 is 2.95 bits per heavy atom. The first-order valence-electron chi connectivity index (χ1n) is 6.36. The van der Waals surface area contributed by atoms with E-state index >= 15 is 0 Å². The quantitative estimate of drug-likeness (QED) is 0.903. The van der Waals surface area contributed by atoms with Gasteiger partial charge in [-0.05, 0) is 12.1 Å². The lowest BCUT2D eigenvalue weighted by molar-refractivity contribution is -0.117. The number of primary amides is 1. The summed E-state index contributed by atoms with van der Waals surface area (Å²) >= 11 is 6.18. The largest absolute Gasteiger partial charge is 0.369 e. The highest BCUT2D eigenvalue weighted by Crippen LogP contribution is 2.30. The Balaban J connectivity index is 2.24. The number of halogens is 1. The molecule has 1 aromatic heterocycles. The second-order valence-corrected chi connectivity index (χ2v) is 5.35. The third-order valence-electron chi connectivity index (χ3n) is 3.49. The molecule has 2 heterocycles. The number of benzene rings is 1. The first-order chi connectivity index (χ1) is 9.99. The molecular formula is C14H13ClN4O2. The van der Waals surface area contributed by atoms with E-state index in [1.54, 1.807) is 41.0 Å². The van der Waals surface area contributed by atoms with Crippen molar-refractivity contribution in [3.8, 4) is 5.69 Å². The maximum Gasteiger partial charge on any atom is 0.257 e. The van der Waals surface area contributed by atoms with E-state index in [4.69, 9.17) is 17.3 Å². The van der Waals surface area contributed by atoms with Gasteiger partial charge in [0.1, 0.15) is 0 Å². The van der Waals surface area contributed by atoms with Crippen LogP contribution in [0.4, 0.5) is 0 Å². The Hall–Kier alpha value is -2.34. The maximum absolute atomic E-state index is 12.5. The molecule has 1 aromatic carbocycles. The van der Waals surface area contributed by atoms with Crippen molar-refractivity contribution in [3.63, 3.8) is 0 Å². The molecule has 0 unspecified atom stereocenters. The summed E-state index contributed by atoms with van der Waals surface area (Å²) < 4.78 is 1.79. The zero-order valence-corrected chi connectivity index (χ0v) is 12.1. The molecule has 0 bridgehead atoms. The Kier molecular flexibility index (Phi) is 3.17. The Morgan fingerprint density at radius 1 is 1.48 bits per heavy atom. The van der Waals surface area contributed by atoms with Gasteiger partial charge in [0.15, 0.2) is 0 Å². The molecule has 2 N–H and O–H groups in total. The van der Waals surface area contributed by atoms with Crippen LogP contribution in [0.5, 0.6) is 0 Å². The van der Waals surface area contributed by atoms with Gasteiger partial charge in [-0.2, -0.15) is 0 Å². The molecule has 6 nitrogen and oxygen atoms in total. The van der Waals surface area contributed by atoms with Crippen LogP contribution < -0.4 is 5.73 Å². The van der Waals surface area contributed by atoms with Crippen LogP contribution in [0.15, 0.2) is 24.5 Å². The SMILES string of the molecule is CN1Cc2c(CC(N)=O)ncn2-c2cccc(Cl)c2C1=O. The molecule has 1 aliphatic heterocycles. The van der Waals surface area contributed by atoms with Crippen molar-refractivity contribution < 1.29 is 9.59 Å². The van der Waals surface area contributed by atoms with Gasteiger partial charge in [0.25, 0.3) is 5.91 Å². The van der Waals surface area contributed by atoms with E-state index in [0.717, 1.165) is 5.69 Å². The number of hydrogen-bond acceptors (Lipinski definition) is 3. The molecule has 0 spiro atoms. The summed E-state index contributed by atoms with van der Waals surface area (Å²) in [6.45, 7) is 0.340. The zero-order chi connectivity index (χ0) is 15.1. The zero-order valence-electron chi connectivity index (χ0n) is 11.3. The molecule has 0 atom stereocenters. The third-order valence-corrected chi connectivity index (χ3v) is 3.81. The Morgan fingerprint density at radius 2 is 2.24 bits per heavy atom. The van der Waals surface area contributed by atoms with Crippen molar-refractivity contribution >= 4 is 23.4 Å². The number of aromatic nitrogens is 2. The summed E-state index contributed by atoms with van der Waals surface area (Å²) in [7, 11) is 1.69. The van der Waals surface area contributed by atoms with Gasteiger partial charge in [-0.3, -0.25) is 9.59 Å². The van der Waals surface area contributed by atoms with Crippen LogP contribution in [0.25, 0.3) is 5.69 Å². The fourth-order valence-electron chi connectivity index (χ4n) is 2.51. The van der Waals surface area contributed by atoms with E-state index in [1.807, 2.05) is 0 Å². The van der Waals surface area contributed by atoms with Gasteiger partial charge in [-0.15, -0.1) is 0 Å². The number of nitrogens with zero attached hydrogens (tertiary/aromatic N) is 3. The van der Waals surface area contributed by atoms with Crippen LogP contribution in [0.1, 0.15) is 21.7 Å². The van der Waals surface area contributed by atoms with Crippen LogP contribution >= 0.6 is 11.6 Å². The molecule has 0 radical (unpaired) electrons. The molecule has 0 aliphatic carbocycles. The number of carbonyl (C=O) groups is 2. The molecule has 3 rings (SSSR count). The van der Waals surface area contributed by atoms with Crippen LogP contribution in [0, 0.1) is 0 Å².